The Labute approximate surface area is 173 Å². The second-order valence-electron chi connectivity index (χ2n) is 5.41. The Morgan fingerprint density at radius 3 is 2.63 bits per heavy atom. The van der Waals surface area contributed by atoms with Crippen LogP contribution in [0, 0.1) is 10.1 Å². The van der Waals surface area contributed by atoms with Crippen molar-refractivity contribution in [2.24, 2.45) is 5.10 Å². The Bertz CT molecular complexity index is 1000. The first-order valence-corrected chi connectivity index (χ1v) is 9.23. The molecule has 0 aliphatic carbocycles. The lowest BCUT2D eigenvalue weighted by Gasteiger charge is -2.05. The van der Waals surface area contributed by atoms with Crippen LogP contribution in [0.1, 0.15) is 11.3 Å². The molecule has 138 valence electrons. The van der Waals surface area contributed by atoms with Gasteiger partial charge in [0.1, 0.15) is 11.5 Å². The second kappa shape index (κ2) is 8.56. The fraction of sp³-hybridized carbons (Fsp3) is 0.0556. The van der Waals surface area contributed by atoms with E-state index in [0.717, 1.165) is 5.56 Å². The van der Waals surface area contributed by atoms with Gasteiger partial charge in [-0.1, -0.05) is 45.2 Å². The largest absolute Gasteiger partial charge is 0.455 e. The highest BCUT2D eigenvalue weighted by atomic mass is 79.9. The van der Waals surface area contributed by atoms with Gasteiger partial charge >= 0.3 is 0 Å². The third-order valence-electron chi connectivity index (χ3n) is 3.65. The van der Waals surface area contributed by atoms with Gasteiger partial charge in [0.2, 0.25) is 0 Å². The van der Waals surface area contributed by atoms with Crippen molar-refractivity contribution in [2.75, 3.05) is 0 Å². The minimum Gasteiger partial charge on any atom is -0.455 e. The smallest absolute Gasteiger partial charge is 0.281 e. The lowest BCUT2D eigenvalue weighted by molar-refractivity contribution is -0.384. The number of nitro benzene ring substituents is 1. The molecule has 0 aliphatic rings. The zero-order chi connectivity index (χ0) is 19.4. The highest BCUT2D eigenvalue weighted by Crippen LogP contribution is 2.33. The van der Waals surface area contributed by atoms with Crippen molar-refractivity contribution in [3.63, 3.8) is 0 Å². The predicted octanol–water partition coefficient (Wildman–Crippen LogP) is 6.05. The summed E-state index contributed by atoms with van der Waals surface area (Å²) in [6.45, 7) is 0.348. The van der Waals surface area contributed by atoms with Crippen molar-refractivity contribution in [3.8, 4) is 11.3 Å². The van der Waals surface area contributed by atoms with Gasteiger partial charge in [0, 0.05) is 26.1 Å². The molecule has 3 aromatic rings. The van der Waals surface area contributed by atoms with E-state index in [0.29, 0.717) is 38.1 Å². The maximum Gasteiger partial charge on any atom is 0.281 e. The number of nitrogens with zero attached hydrogens (tertiary/aromatic N) is 2. The molecule has 0 bridgehead atoms. The molecular weight excluding hydrogens is 457 g/mol. The maximum atomic E-state index is 11.2. The van der Waals surface area contributed by atoms with Crippen LogP contribution in [0.2, 0.25) is 10.0 Å². The van der Waals surface area contributed by atoms with Crippen molar-refractivity contribution < 1.29 is 9.34 Å². The number of nitrogens with one attached hydrogen (secondary N) is 1. The van der Waals surface area contributed by atoms with E-state index in [1.54, 1.807) is 42.5 Å². The van der Waals surface area contributed by atoms with Gasteiger partial charge in [0.05, 0.1) is 23.2 Å². The zero-order valence-corrected chi connectivity index (χ0v) is 16.8. The van der Waals surface area contributed by atoms with Gasteiger partial charge in [-0.15, -0.1) is 0 Å². The molecule has 0 unspecified atom stereocenters. The Kier molecular flexibility index (Phi) is 6.15. The molecule has 9 heteroatoms. The van der Waals surface area contributed by atoms with Crippen LogP contribution in [-0.2, 0) is 6.54 Å². The van der Waals surface area contributed by atoms with E-state index in [2.05, 4.69) is 26.5 Å². The topological polar surface area (TPSA) is 80.7 Å². The number of rotatable bonds is 6. The van der Waals surface area contributed by atoms with Gasteiger partial charge in [-0.05, 0) is 36.4 Å². The summed E-state index contributed by atoms with van der Waals surface area (Å²) < 4.78 is 6.26. The molecule has 2 aromatic carbocycles. The number of benzene rings is 2. The summed E-state index contributed by atoms with van der Waals surface area (Å²) in [6.07, 6.45) is 1.47. The molecule has 0 spiro atoms. The summed E-state index contributed by atoms with van der Waals surface area (Å²) in [5.41, 5.74) is 3.92. The molecule has 0 fully saturated rings. The molecule has 0 radical (unpaired) electrons. The van der Waals surface area contributed by atoms with E-state index in [1.807, 2.05) is 0 Å². The van der Waals surface area contributed by atoms with E-state index < -0.39 is 4.92 Å². The zero-order valence-electron chi connectivity index (χ0n) is 13.7. The van der Waals surface area contributed by atoms with E-state index >= 15 is 0 Å². The summed E-state index contributed by atoms with van der Waals surface area (Å²) in [7, 11) is 0. The molecule has 0 saturated carbocycles. The third kappa shape index (κ3) is 4.68. The fourth-order valence-electron chi connectivity index (χ4n) is 2.37. The SMILES string of the molecule is O=[N+]([O-])c1cc(Br)ccc1-c1ccc(/C=N\NCc2c(Cl)cccc2Cl)o1. The molecule has 1 N–H and O–H groups in total. The van der Waals surface area contributed by atoms with Crippen LogP contribution in [-0.4, -0.2) is 11.1 Å². The summed E-state index contributed by atoms with van der Waals surface area (Å²) in [4.78, 5) is 10.8. The maximum absolute atomic E-state index is 11.2. The molecule has 1 heterocycles. The number of hydrazone groups is 1. The monoisotopic (exact) mass is 467 g/mol. The van der Waals surface area contributed by atoms with Crippen molar-refractivity contribution in [2.45, 2.75) is 6.54 Å². The molecule has 0 amide bonds. The molecule has 6 nitrogen and oxygen atoms in total. The van der Waals surface area contributed by atoms with Gasteiger partial charge in [0.15, 0.2) is 0 Å². The summed E-state index contributed by atoms with van der Waals surface area (Å²) in [5, 5.41) is 16.4. The van der Waals surface area contributed by atoms with Crippen molar-refractivity contribution >= 4 is 51.0 Å². The number of hydrogen-bond acceptors (Lipinski definition) is 5. The van der Waals surface area contributed by atoms with Crippen LogP contribution in [0.4, 0.5) is 5.69 Å². The molecular formula is C18H12BrCl2N3O3. The van der Waals surface area contributed by atoms with Crippen LogP contribution >= 0.6 is 39.1 Å². The Morgan fingerprint density at radius 1 is 1.19 bits per heavy atom. The average Bonchev–Trinajstić information content (AvgIpc) is 3.09. The summed E-state index contributed by atoms with van der Waals surface area (Å²) in [5.74, 6) is 0.824. The standard InChI is InChI=1S/C18H12BrCl2N3O3/c19-11-4-6-13(17(8-11)24(25)26)18-7-5-12(27-18)9-22-23-10-14-15(20)2-1-3-16(14)21/h1-9,23H,10H2/b22-9-. The van der Waals surface area contributed by atoms with E-state index in [4.69, 9.17) is 27.6 Å². The quantitative estimate of drug-likeness (QED) is 0.271. The van der Waals surface area contributed by atoms with Gasteiger partial charge < -0.3 is 9.84 Å². The van der Waals surface area contributed by atoms with E-state index in [-0.39, 0.29) is 5.69 Å². The van der Waals surface area contributed by atoms with Gasteiger partial charge in [0.25, 0.3) is 5.69 Å². The molecule has 0 saturated heterocycles. The predicted molar refractivity (Wildman–Crippen MR) is 109 cm³/mol. The average molecular weight is 469 g/mol. The van der Waals surface area contributed by atoms with Crippen LogP contribution in [0.25, 0.3) is 11.3 Å². The number of furan rings is 1. The van der Waals surface area contributed by atoms with E-state index in [9.17, 15) is 10.1 Å². The van der Waals surface area contributed by atoms with Crippen LogP contribution < -0.4 is 5.43 Å². The molecule has 0 atom stereocenters. The lowest BCUT2D eigenvalue weighted by atomic mass is 10.1. The first-order chi connectivity index (χ1) is 13.0. The van der Waals surface area contributed by atoms with Crippen LogP contribution in [0.3, 0.4) is 0 Å². The lowest BCUT2D eigenvalue weighted by Crippen LogP contribution is -2.06. The van der Waals surface area contributed by atoms with E-state index in [1.165, 1.54) is 12.3 Å². The first-order valence-electron chi connectivity index (χ1n) is 7.68. The minimum atomic E-state index is -0.453. The molecule has 3 rings (SSSR count). The van der Waals surface area contributed by atoms with Crippen LogP contribution in [0.15, 0.2) is 62.5 Å². The third-order valence-corrected chi connectivity index (χ3v) is 4.85. The Morgan fingerprint density at radius 2 is 1.93 bits per heavy atom. The Balaban J connectivity index is 1.72. The Hall–Kier alpha value is -2.35. The van der Waals surface area contributed by atoms with Gasteiger partial charge in [-0.25, -0.2) is 0 Å². The van der Waals surface area contributed by atoms with Crippen molar-refractivity contribution in [1.82, 2.24) is 5.43 Å². The summed E-state index contributed by atoms with van der Waals surface area (Å²) >= 11 is 15.4. The molecule has 0 aliphatic heterocycles. The van der Waals surface area contributed by atoms with Crippen LogP contribution in [0.5, 0.6) is 0 Å². The van der Waals surface area contributed by atoms with Gasteiger partial charge in [-0.2, -0.15) is 5.10 Å². The molecule has 1 aromatic heterocycles. The van der Waals surface area contributed by atoms with Gasteiger partial charge in [-0.3, -0.25) is 10.1 Å². The number of hydrogen-bond donors (Lipinski definition) is 1. The highest BCUT2D eigenvalue weighted by molar-refractivity contribution is 9.10. The first kappa shape index (κ1) is 19.4. The summed E-state index contributed by atoms with van der Waals surface area (Å²) in [6, 6.07) is 13.4. The number of nitro groups is 1. The highest BCUT2D eigenvalue weighted by Gasteiger charge is 2.18. The second-order valence-corrected chi connectivity index (χ2v) is 7.14. The van der Waals surface area contributed by atoms with Crippen molar-refractivity contribution in [1.29, 1.82) is 0 Å². The fourth-order valence-corrected chi connectivity index (χ4v) is 3.25. The molecule has 27 heavy (non-hydrogen) atoms. The minimum absolute atomic E-state index is 0.0475. The normalized spacial score (nSPS) is 11.1. The van der Waals surface area contributed by atoms with Crippen molar-refractivity contribution in [3.05, 3.63) is 84.5 Å². The number of halogens is 3.